The van der Waals surface area contributed by atoms with Crippen molar-refractivity contribution >= 4 is 28.3 Å². The first-order chi connectivity index (χ1) is 16.1. The first-order valence-electron chi connectivity index (χ1n) is 10.9. The number of carbonyl (C=O) groups excluding carboxylic acids is 1. The molecule has 0 spiro atoms. The normalized spacial score (nSPS) is 13.6. The number of rotatable bonds is 4. The van der Waals surface area contributed by atoms with Crippen molar-refractivity contribution in [1.82, 2.24) is 19.9 Å². The number of hydrogen-bond acceptors (Lipinski definition) is 4. The number of aromatic nitrogens is 3. The van der Waals surface area contributed by atoms with Gasteiger partial charge in [0.1, 0.15) is 17.7 Å². The molecule has 2 aromatic carbocycles. The number of para-hydroxylation sites is 1. The third-order valence-electron chi connectivity index (χ3n) is 6.00. The fraction of sp³-hybridized carbons (Fsp3) is 0.192. The highest BCUT2D eigenvalue weighted by Crippen LogP contribution is 2.32. The first kappa shape index (κ1) is 20.8. The molecule has 2 N–H and O–H groups in total. The lowest BCUT2D eigenvalue weighted by molar-refractivity contribution is 0.217. The van der Waals surface area contributed by atoms with Crippen LogP contribution >= 0.6 is 0 Å². The molecule has 7 heteroatoms. The number of aryl methyl sites for hydroxylation is 1. The molecule has 0 fully saturated rings. The minimum absolute atomic E-state index is 0.117. The number of ether oxygens (including phenoxy) is 1. The number of H-pyrrole nitrogens is 1. The Morgan fingerprint density at radius 3 is 2.85 bits per heavy atom. The minimum Gasteiger partial charge on any atom is -0.496 e. The van der Waals surface area contributed by atoms with Crippen LogP contribution in [0, 0.1) is 6.92 Å². The zero-order valence-corrected chi connectivity index (χ0v) is 18.6. The number of methoxy groups -OCH3 is 1. The highest BCUT2D eigenvalue weighted by atomic mass is 16.5. The lowest BCUT2D eigenvalue weighted by Crippen LogP contribution is -2.38. The van der Waals surface area contributed by atoms with E-state index in [0.717, 1.165) is 56.8 Å². The van der Waals surface area contributed by atoms with Gasteiger partial charge in [-0.05, 0) is 48.2 Å². The fourth-order valence-electron chi connectivity index (χ4n) is 4.28. The van der Waals surface area contributed by atoms with Crippen LogP contribution in [0.5, 0.6) is 5.75 Å². The van der Waals surface area contributed by atoms with Gasteiger partial charge in [-0.25, -0.2) is 14.8 Å². The summed E-state index contributed by atoms with van der Waals surface area (Å²) in [7, 11) is 1.66. The molecule has 166 valence electrons. The smallest absolute Gasteiger partial charge is 0.322 e. The van der Waals surface area contributed by atoms with Gasteiger partial charge in [-0.3, -0.25) is 0 Å². The topological polar surface area (TPSA) is 83.1 Å². The Labute approximate surface area is 192 Å². The summed E-state index contributed by atoms with van der Waals surface area (Å²) in [5.74, 6) is 0.797. The van der Waals surface area contributed by atoms with Gasteiger partial charge in [0.15, 0.2) is 0 Å². The fourth-order valence-corrected chi connectivity index (χ4v) is 4.28. The van der Waals surface area contributed by atoms with Crippen molar-refractivity contribution in [2.45, 2.75) is 13.3 Å². The van der Waals surface area contributed by atoms with Crippen LogP contribution in [0.4, 0.5) is 10.5 Å². The molecule has 4 aromatic rings. The van der Waals surface area contributed by atoms with Crippen LogP contribution in [-0.2, 0) is 0 Å². The van der Waals surface area contributed by atoms with Crippen molar-refractivity contribution in [2.75, 3.05) is 25.5 Å². The molecule has 0 aliphatic carbocycles. The number of amides is 2. The van der Waals surface area contributed by atoms with E-state index >= 15 is 0 Å². The molecule has 0 saturated carbocycles. The van der Waals surface area contributed by atoms with Gasteiger partial charge in [-0.1, -0.05) is 36.4 Å². The van der Waals surface area contributed by atoms with Crippen molar-refractivity contribution < 1.29 is 9.53 Å². The number of urea groups is 1. The van der Waals surface area contributed by atoms with Crippen LogP contribution in [0.25, 0.3) is 27.7 Å². The van der Waals surface area contributed by atoms with Crippen molar-refractivity contribution in [1.29, 1.82) is 0 Å². The van der Waals surface area contributed by atoms with Crippen LogP contribution < -0.4 is 10.1 Å². The molecule has 2 amide bonds. The van der Waals surface area contributed by atoms with Crippen LogP contribution in [0.15, 0.2) is 67.1 Å². The Balaban J connectivity index is 1.31. The van der Waals surface area contributed by atoms with E-state index in [2.05, 4.69) is 26.3 Å². The SMILES string of the molecule is COc1ccccc1-c1cccc(NC(=O)N2CC=C(c3ncnc4[nH]cc(C)c34)CC2)c1. The van der Waals surface area contributed by atoms with Gasteiger partial charge in [0.05, 0.1) is 12.8 Å². The van der Waals surface area contributed by atoms with E-state index in [0.29, 0.717) is 13.1 Å². The quantitative estimate of drug-likeness (QED) is 0.454. The zero-order valence-electron chi connectivity index (χ0n) is 18.6. The summed E-state index contributed by atoms with van der Waals surface area (Å²) in [5, 5.41) is 4.09. The predicted molar refractivity (Wildman–Crippen MR) is 130 cm³/mol. The van der Waals surface area contributed by atoms with E-state index in [9.17, 15) is 4.79 Å². The van der Waals surface area contributed by atoms with Gasteiger partial charge < -0.3 is 19.9 Å². The van der Waals surface area contributed by atoms with Crippen molar-refractivity contribution in [3.05, 3.63) is 78.4 Å². The number of nitrogens with zero attached hydrogens (tertiary/aromatic N) is 3. The van der Waals surface area contributed by atoms with Crippen LogP contribution in [0.2, 0.25) is 0 Å². The molecule has 5 rings (SSSR count). The second-order valence-electron chi connectivity index (χ2n) is 8.05. The molecule has 0 unspecified atom stereocenters. The molecule has 1 aliphatic rings. The largest absolute Gasteiger partial charge is 0.496 e. The molecule has 0 bridgehead atoms. The number of aromatic amines is 1. The number of nitrogens with one attached hydrogen (secondary N) is 2. The Hall–Kier alpha value is -4.13. The summed E-state index contributed by atoms with van der Waals surface area (Å²) >= 11 is 0. The second kappa shape index (κ2) is 8.78. The van der Waals surface area contributed by atoms with Crippen LogP contribution in [0.3, 0.4) is 0 Å². The molecule has 0 radical (unpaired) electrons. The summed E-state index contributed by atoms with van der Waals surface area (Å²) in [5.41, 5.74) is 6.78. The number of carbonyl (C=O) groups is 1. The van der Waals surface area contributed by atoms with Crippen LogP contribution in [-0.4, -0.2) is 46.1 Å². The van der Waals surface area contributed by atoms with E-state index < -0.39 is 0 Å². The van der Waals surface area contributed by atoms with E-state index in [4.69, 9.17) is 4.74 Å². The first-order valence-corrected chi connectivity index (χ1v) is 10.9. The van der Waals surface area contributed by atoms with Crippen molar-refractivity contribution in [2.24, 2.45) is 0 Å². The molecule has 33 heavy (non-hydrogen) atoms. The van der Waals surface area contributed by atoms with E-state index in [1.54, 1.807) is 13.4 Å². The molecule has 3 heterocycles. The molecule has 0 atom stereocenters. The molecule has 0 saturated heterocycles. The Morgan fingerprint density at radius 2 is 2.03 bits per heavy atom. The number of fused-ring (bicyclic) bond motifs is 1. The highest BCUT2D eigenvalue weighted by Gasteiger charge is 2.21. The lowest BCUT2D eigenvalue weighted by atomic mass is 10.0. The average molecular weight is 440 g/mol. The third kappa shape index (κ3) is 4.05. The van der Waals surface area contributed by atoms with Gasteiger partial charge in [-0.15, -0.1) is 0 Å². The van der Waals surface area contributed by atoms with E-state index in [-0.39, 0.29) is 6.03 Å². The summed E-state index contributed by atoms with van der Waals surface area (Å²) < 4.78 is 5.48. The van der Waals surface area contributed by atoms with Gasteiger partial charge in [0.25, 0.3) is 0 Å². The molecular weight excluding hydrogens is 414 g/mol. The Morgan fingerprint density at radius 1 is 1.15 bits per heavy atom. The molecule has 1 aliphatic heterocycles. The third-order valence-corrected chi connectivity index (χ3v) is 6.00. The number of anilines is 1. The number of hydrogen-bond donors (Lipinski definition) is 2. The molecule has 7 nitrogen and oxygen atoms in total. The maximum atomic E-state index is 12.9. The summed E-state index contributed by atoms with van der Waals surface area (Å²) in [6.07, 6.45) is 6.36. The summed E-state index contributed by atoms with van der Waals surface area (Å²) in [4.78, 5) is 26.8. The maximum Gasteiger partial charge on any atom is 0.322 e. The van der Waals surface area contributed by atoms with Gasteiger partial charge in [0, 0.05) is 35.9 Å². The molecular formula is C26H25N5O2. The Bertz CT molecular complexity index is 1360. The van der Waals surface area contributed by atoms with Crippen molar-refractivity contribution in [3.63, 3.8) is 0 Å². The summed E-state index contributed by atoms with van der Waals surface area (Å²) in [6, 6.07) is 15.5. The standard InChI is InChI=1S/C26H25N5O2/c1-17-15-27-25-23(17)24(28-16-29-25)18-10-12-31(13-11-18)26(32)30-20-7-5-6-19(14-20)21-8-3-4-9-22(21)33-2/h3-10,14-16H,11-13H2,1-2H3,(H,30,32)(H,27,28,29). The molecule has 2 aromatic heterocycles. The minimum atomic E-state index is -0.117. The van der Waals surface area contributed by atoms with E-state index in [1.807, 2.05) is 66.6 Å². The summed E-state index contributed by atoms with van der Waals surface area (Å²) in [6.45, 7) is 3.20. The van der Waals surface area contributed by atoms with E-state index in [1.165, 1.54) is 0 Å². The average Bonchev–Trinajstić information content (AvgIpc) is 3.25. The van der Waals surface area contributed by atoms with Gasteiger partial charge in [-0.2, -0.15) is 0 Å². The van der Waals surface area contributed by atoms with Crippen molar-refractivity contribution in [3.8, 4) is 16.9 Å². The monoisotopic (exact) mass is 439 g/mol. The van der Waals surface area contributed by atoms with Gasteiger partial charge >= 0.3 is 6.03 Å². The van der Waals surface area contributed by atoms with Crippen LogP contribution in [0.1, 0.15) is 17.7 Å². The maximum absolute atomic E-state index is 12.9. The Kier molecular flexibility index (Phi) is 5.52. The van der Waals surface area contributed by atoms with Gasteiger partial charge in [0.2, 0.25) is 0 Å². The predicted octanol–water partition coefficient (Wildman–Crippen LogP) is 5.26. The lowest BCUT2D eigenvalue weighted by Gasteiger charge is -2.27. The highest BCUT2D eigenvalue weighted by molar-refractivity contribution is 5.93. The number of benzene rings is 2. The second-order valence-corrected chi connectivity index (χ2v) is 8.05. The zero-order chi connectivity index (χ0) is 22.8.